The maximum absolute atomic E-state index is 13.2. The van der Waals surface area contributed by atoms with Crippen LogP contribution in [-0.4, -0.2) is 31.0 Å². The molecule has 0 spiro atoms. The van der Waals surface area contributed by atoms with Crippen molar-refractivity contribution in [2.45, 2.75) is 37.5 Å². The fourth-order valence-electron chi connectivity index (χ4n) is 4.15. The lowest BCUT2D eigenvalue weighted by molar-refractivity contribution is -0.155. The van der Waals surface area contributed by atoms with Crippen molar-refractivity contribution in [2.24, 2.45) is 5.92 Å². The molecule has 1 aromatic rings. The molecule has 3 atom stereocenters. The number of carbonyl (C=O) groups excluding carboxylic acids is 2. The number of hydrogen-bond donors (Lipinski definition) is 0. The Balaban J connectivity index is 2.31. The Hall–Kier alpha value is -2.17. The van der Waals surface area contributed by atoms with Crippen molar-refractivity contribution in [1.29, 1.82) is 0 Å². The van der Waals surface area contributed by atoms with Crippen molar-refractivity contribution in [3.63, 3.8) is 0 Å². The SMILES string of the molecule is C=C1CC2C(=O)C(C(=O)OC)(C1)c1ccc(OC)nc1C2CC. The van der Waals surface area contributed by atoms with Gasteiger partial charge in [-0.05, 0) is 24.8 Å². The third-order valence-electron chi connectivity index (χ3n) is 5.16. The molecule has 1 aromatic heterocycles. The number of carbonyl (C=O) groups is 2. The van der Waals surface area contributed by atoms with Crippen molar-refractivity contribution in [1.82, 2.24) is 4.98 Å². The standard InChI is InChI=1S/C18H21NO4/c1-5-11-12-8-10(2)9-18(16(12)20,17(21)23-4)13-6-7-14(22-3)19-15(11)13/h6-7,11-12H,2,5,8-9H2,1,3-4H3. The largest absolute Gasteiger partial charge is 0.481 e. The number of allylic oxidation sites excluding steroid dienone is 1. The number of methoxy groups -OCH3 is 2. The highest BCUT2D eigenvalue weighted by molar-refractivity contribution is 6.13. The predicted octanol–water partition coefficient (Wildman–Crippen LogP) is 2.54. The van der Waals surface area contributed by atoms with Crippen molar-refractivity contribution < 1.29 is 19.1 Å². The summed E-state index contributed by atoms with van der Waals surface area (Å²) >= 11 is 0. The monoisotopic (exact) mass is 315 g/mol. The minimum absolute atomic E-state index is 0.0255. The van der Waals surface area contributed by atoms with Crippen molar-refractivity contribution in [3.05, 3.63) is 35.5 Å². The quantitative estimate of drug-likeness (QED) is 0.487. The topological polar surface area (TPSA) is 65.5 Å². The van der Waals surface area contributed by atoms with Crippen LogP contribution in [0.25, 0.3) is 0 Å². The van der Waals surface area contributed by atoms with Crippen molar-refractivity contribution >= 4 is 11.8 Å². The van der Waals surface area contributed by atoms with E-state index in [4.69, 9.17) is 9.47 Å². The molecule has 3 unspecified atom stereocenters. The third kappa shape index (κ3) is 2.02. The summed E-state index contributed by atoms with van der Waals surface area (Å²) in [5.41, 5.74) is 1.06. The molecule has 0 N–H and O–H groups in total. The summed E-state index contributed by atoms with van der Waals surface area (Å²) in [6.45, 7) is 6.10. The van der Waals surface area contributed by atoms with Gasteiger partial charge in [0.15, 0.2) is 11.2 Å². The number of esters is 1. The molecular formula is C18H21NO4. The summed E-state index contributed by atoms with van der Waals surface area (Å²) in [5.74, 6) is -0.373. The van der Waals surface area contributed by atoms with Crippen LogP contribution in [0.5, 0.6) is 5.88 Å². The number of ketones is 1. The Morgan fingerprint density at radius 3 is 2.78 bits per heavy atom. The fraction of sp³-hybridized carbons (Fsp3) is 0.500. The predicted molar refractivity (Wildman–Crippen MR) is 84.4 cm³/mol. The Kier molecular flexibility index (Phi) is 3.74. The van der Waals surface area contributed by atoms with Gasteiger partial charge in [-0.25, -0.2) is 4.98 Å². The molecular weight excluding hydrogens is 294 g/mol. The number of nitrogens with zero attached hydrogens (tertiary/aromatic N) is 1. The van der Waals surface area contributed by atoms with E-state index in [-0.39, 0.29) is 17.6 Å². The average molecular weight is 315 g/mol. The highest BCUT2D eigenvalue weighted by Crippen LogP contribution is 2.53. The lowest BCUT2D eigenvalue weighted by Crippen LogP contribution is -2.55. The third-order valence-corrected chi connectivity index (χ3v) is 5.16. The van der Waals surface area contributed by atoms with Gasteiger partial charge in [-0.2, -0.15) is 0 Å². The van der Waals surface area contributed by atoms with Crippen LogP contribution in [0, 0.1) is 5.92 Å². The molecule has 122 valence electrons. The molecule has 2 bridgehead atoms. The average Bonchev–Trinajstić information content (AvgIpc) is 2.56. The molecule has 1 heterocycles. The van der Waals surface area contributed by atoms with Crippen LogP contribution >= 0.6 is 0 Å². The van der Waals surface area contributed by atoms with E-state index < -0.39 is 11.4 Å². The van der Waals surface area contributed by atoms with E-state index in [2.05, 4.69) is 11.6 Å². The van der Waals surface area contributed by atoms with Crippen LogP contribution in [-0.2, 0) is 19.7 Å². The molecule has 5 nitrogen and oxygen atoms in total. The first-order valence-corrected chi connectivity index (χ1v) is 7.84. The fourth-order valence-corrected chi connectivity index (χ4v) is 4.15. The van der Waals surface area contributed by atoms with Gasteiger partial charge in [0.25, 0.3) is 0 Å². The zero-order valence-corrected chi connectivity index (χ0v) is 13.7. The smallest absolute Gasteiger partial charge is 0.324 e. The van der Waals surface area contributed by atoms with Gasteiger partial charge in [-0.1, -0.05) is 25.1 Å². The molecule has 0 radical (unpaired) electrons. The van der Waals surface area contributed by atoms with E-state index >= 15 is 0 Å². The van der Waals surface area contributed by atoms with Crippen LogP contribution in [0.1, 0.15) is 43.4 Å². The van der Waals surface area contributed by atoms with Crippen LogP contribution in [0.15, 0.2) is 24.3 Å². The van der Waals surface area contributed by atoms with E-state index in [9.17, 15) is 9.59 Å². The summed E-state index contributed by atoms with van der Waals surface area (Å²) in [5, 5.41) is 0. The normalized spacial score (nSPS) is 29.0. The summed E-state index contributed by atoms with van der Waals surface area (Å²) in [6.07, 6.45) is 1.68. The maximum atomic E-state index is 13.2. The van der Waals surface area contributed by atoms with Gasteiger partial charge in [-0.15, -0.1) is 0 Å². The van der Waals surface area contributed by atoms with Gasteiger partial charge in [-0.3, -0.25) is 9.59 Å². The minimum Gasteiger partial charge on any atom is -0.481 e. The van der Waals surface area contributed by atoms with E-state index in [1.807, 2.05) is 6.92 Å². The van der Waals surface area contributed by atoms with Gasteiger partial charge in [0.2, 0.25) is 5.88 Å². The highest BCUT2D eigenvalue weighted by atomic mass is 16.5. The first kappa shape index (κ1) is 15.7. The van der Waals surface area contributed by atoms with E-state index in [1.54, 1.807) is 19.2 Å². The summed E-state index contributed by atoms with van der Waals surface area (Å²) < 4.78 is 10.2. The number of hydrogen-bond acceptors (Lipinski definition) is 5. The van der Waals surface area contributed by atoms with Crippen LogP contribution < -0.4 is 4.74 Å². The van der Waals surface area contributed by atoms with Gasteiger partial charge < -0.3 is 9.47 Å². The number of aromatic nitrogens is 1. The molecule has 0 saturated heterocycles. The number of Topliss-reactive ketones (excluding diaryl/α,β-unsaturated/α-hetero) is 1. The Bertz CT molecular complexity index is 696. The zero-order valence-electron chi connectivity index (χ0n) is 13.7. The minimum atomic E-state index is -1.30. The molecule has 0 aromatic carbocycles. The van der Waals surface area contributed by atoms with Gasteiger partial charge in [0, 0.05) is 17.9 Å². The van der Waals surface area contributed by atoms with Crippen LogP contribution in [0.2, 0.25) is 0 Å². The second kappa shape index (κ2) is 5.48. The highest BCUT2D eigenvalue weighted by Gasteiger charge is 2.60. The Morgan fingerprint density at radius 1 is 1.43 bits per heavy atom. The zero-order chi connectivity index (χ0) is 16.8. The maximum Gasteiger partial charge on any atom is 0.324 e. The molecule has 0 amide bonds. The Labute approximate surface area is 135 Å². The first-order valence-electron chi connectivity index (χ1n) is 7.84. The number of pyridine rings is 1. The first-order chi connectivity index (χ1) is 11.0. The molecule has 0 aliphatic heterocycles. The summed E-state index contributed by atoms with van der Waals surface area (Å²) in [7, 11) is 2.88. The number of ether oxygens (including phenoxy) is 2. The second-order valence-electron chi connectivity index (χ2n) is 6.30. The van der Waals surface area contributed by atoms with E-state index in [1.165, 1.54) is 7.11 Å². The summed E-state index contributed by atoms with van der Waals surface area (Å²) in [6, 6.07) is 3.48. The molecule has 1 fully saturated rings. The summed E-state index contributed by atoms with van der Waals surface area (Å²) in [4.78, 5) is 30.4. The molecule has 2 aliphatic carbocycles. The van der Waals surface area contributed by atoms with E-state index in [0.717, 1.165) is 17.7 Å². The molecule has 1 saturated carbocycles. The lowest BCUT2D eigenvalue weighted by Gasteiger charge is -2.46. The van der Waals surface area contributed by atoms with E-state index in [0.29, 0.717) is 24.3 Å². The van der Waals surface area contributed by atoms with Crippen molar-refractivity contribution in [2.75, 3.05) is 14.2 Å². The van der Waals surface area contributed by atoms with Gasteiger partial charge in [0.05, 0.1) is 19.9 Å². The number of fused-ring (bicyclic) bond motifs is 4. The van der Waals surface area contributed by atoms with Gasteiger partial charge >= 0.3 is 5.97 Å². The Morgan fingerprint density at radius 2 is 2.17 bits per heavy atom. The van der Waals surface area contributed by atoms with Crippen LogP contribution in [0.3, 0.4) is 0 Å². The molecule has 3 rings (SSSR count). The second-order valence-corrected chi connectivity index (χ2v) is 6.30. The number of rotatable bonds is 3. The van der Waals surface area contributed by atoms with Crippen LogP contribution in [0.4, 0.5) is 0 Å². The molecule has 23 heavy (non-hydrogen) atoms. The van der Waals surface area contributed by atoms with Gasteiger partial charge in [0.1, 0.15) is 0 Å². The molecule has 5 heteroatoms. The van der Waals surface area contributed by atoms with Crippen molar-refractivity contribution in [3.8, 4) is 5.88 Å². The molecule has 2 aliphatic rings. The lowest BCUT2D eigenvalue weighted by atomic mass is 9.55.